The van der Waals surface area contributed by atoms with E-state index in [0.29, 0.717) is 28.5 Å². The lowest BCUT2D eigenvalue weighted by Crippen LogP contribution is -2.29. The minimum Gasteiger partial charge on any atom is -0.465 e. The number of nitrogens with zero attached hydrogens (tertiary/aromatic N) is 2. The van der Waals surface area contributed by atoms with Crippen LogP contribution < -0.4 is 5.32 Å². The Morgan fingerprint density at radius 3 is 2.47 bits per heavy atom. The summed E-state index contributed by atoms with van der Waals surface area (Å²) in [4.78, 5) is 29.5. The summed E-state index contributed by atoms with van der Waals surface area (Å²) in [5.74, 6) is -1.31. The number of carbonyl (C=O) groups excluding carboxylic acids is 2. The number of aromatic nitrogens is 1. The zero-order valence-electron chi connectivity index (χ0n) is 19.4. The highest BCUT2D eigenvalue weighted by molar-refractivity contribution is 8.03. The molecule has 0 radical (unpaired) electrons. The van der Waals surface area contributed by atoms with Crippen LogP contribution in [0.1, 0.15) is 37.8 Å². The molecule has 0 bridgehead atoms. The largest absolute Gasteiger partial charge is 0.465 e. The van der Waals surface area contributed by atoms with E-state index in [1.165, 1.54) is 11.8 Å². The summed E-state index contributed by atoms with van der Waals surface area (Å²) in [7, 11) is 0. The van der Waals surface area contributed by atoms with Gasteiger partial charge in [0.25, 0.3) is 0 Å². The lowest BCUT2D eigenvalue weighted by Gasteiger charge is -2.30. The highest BCUT2D eigenvalue weighted by atomic mass is 32.2. The molecule has 2 aromatic rings. The maximum absolute atomic E-state index is 13.2. The smallest absolute Gasteiger partial charge is 0.337 e. The summed E-state index contributed by atoms with van der Waals surface area (Å²) in [5, 5.41) is 13.9. The van der Waals surface area contributed by atoms with Crippen LogP contribution in [0, 0.1) is 17.2 Å². The molecule has 176 valence electrons. The van der Waals surface area contributed by atoms with Crippen LogP contribution in [0.15, 0.2) is 71.0 Å². The second kappa shape index (κ2) is 12.1. The number of carbonyl (C=O) groups is 2. The maximum Gasteiger partial charge on any atom is 0.337 e. The molecular weight excluding hydrogens is 450 g/mol. The molecule has 1 aliphatic rings. The average Bonchev–Trinajstić information content (AvgIpc) is 2.86. The van der Waals surface area contributed by atoms with E-state index < -0.39 is 11.9 Å². The average molecular weight is 478 g/mol. The maximum atomic E-state index is 13.2. The van der Waals surface area contributed by atoms with Gasteiger partial charge in [0.05, 0.1) is 52.8 Å². The first-order valence-electron chi connectivity index (χ1n) is 11.0. The third-order valence-electron chi connectivity index (χ3n) is 4.96. The van der Waals surface area contributed by atoms with Crippen molar-refractivity contribution in [1.29, 1.82) is 5.26 Å². The Morgan fingerprint density at radius 2 is 1.85 bits per heavy atom. The number of nitrogens with one attached hydrogen (secondary N) is 1. The van der Waals surface area contributed by atoms with Gasteiger partial charge in [-0.3, -0.25) is 9.78 Å². The standard InChI is InChI=1S/C26H27N3O4S/c1-4-32-26(31)23-22(18-10-12-28-13-11-18)20(14-27)25(34-16-21(30)33-15-17(2)3)29-24(23)19-8-6-5-7-9-19/h5-13,17,22,29H,4,15-16H2,1-3H3/t22-/m1/s1. The lowest BCUT2D eigenvalue weighted by atomic mass is 9.81. The van der Waals surface area contributed by atoms with Gasteiger partial charge in [0.2, 0.25) is 0 Å². The summed E-state index contributed by atoms with van der Waals surface area (Å²) in [6, 6.07) is 15.2. The Hall–Kier alpha value is -3.57. The molecule has 3 rings (SSSR count). The zero-order valence-corrected chi connectivity index (χ0v) is 20.2. The van der Waals surface area contributed by atoms with Crippen LogP contribution in [-0.4, -0.2) is 35.9 Å². The fourth-order valence-corrected chi connectivity index (χ4v) is 4.32. The molecule has 1 aromatic heterocycles. The van der Waals surface area contributed by atoms with Crippen LogP contribution in [0.2, 0.25) is 0 Å². The van der Waals surface area contributed by atoms with Crippen molar-refractivity contribution >= 4 is 29.4 Å². The predicted octanol–water partition coefficient (Wildman–Crippen LogP) is 4.41. The van der Waals surface area contributed by atoms with Gasteiger partial charge >= 0.3 is 11.9 Å². The Balaban J connectivity index is 2.09. The van der Waals surface area contributed by atoms with Crippen molar-refractivity contribution in [2.75, 3.05) is 19.0 Å². The van der Waals surface area contributed by atoms with Gasteiger partial charge in [-0.2, -0.15) is 5.26 Å². The van der Waals surface area contributed by atoms with E-state index in [1.54, 1.807) is 31.5 Å². The van der Waals surface area contributed by atoms with Crippen molar-refractivity contribution < 1.29 is 19.1 Å². The highest BCUT2D eigenvalue weighted by Gasteiger charge is 2.37. The molecule has 0 unspecified atom stereocenters. The SMILES string of the molecule is CCOC(=O)C1=C(c2ccccc2)NC(SCC(=O)OCC(C)C)=C(C#N)[C@H]1c1ccncc1. The Labute approximate surface area is 203 Å². The third kappa shape index (κ3) is 6.06. The van der Waals surface area contributed by atoms with Crippen molar-refractivity contribution in [2.24, 2.45) is 5.92 Å². The van der Waals surface area contributed by atoms with E-state index >= 15 is 0 Å². The molecule has 0 saturated carbocycles. The Kier molecular flexibility index (Phi) is 8.88. The molecular formula is C26H27N3O4S. The molecule has 0 fully saturated rings. The Bertz CT molecular complexity index is 1120. The van der Waals surface area contributed by atoms with Crippen LogP contribution >= 0.6 is 11.8 Å². The van der Waals surface area contributed by atoms with Gasteiger partial charge in [-0.1, -0.05) is 55.9 Å². The van der Waals surface area contributed by atoms with Crippen LogP contribution in [0.25, 0.3) is 5.70 Å². The van der Waals surface area contributed by atoms with Crippen molar-refractivity contribution in [3.63, 3.8) is 0 Å². The fourth-order valence-electron chi connectivity index (χ4n) is 3.48. The predicted molar refractivity (Wildman–Crippen MR) is 131 cm³/mol. The number of benzene rings is 1. The number of hydrogen-bond donors (Lipinski definition) is 1. The first-order chi connectivity index (χ1) is 16.5. The van der Waals surface area contributed by atoms with Crippen LogP contribution in [0.3, 0.4) is 0 Å². The van der Waals surface area contributed by atoms with Crippen molar-refractivity contribution in [2.45, 2.75) is 26.7 Å². The first kappa shape index (κ1) is 25.1. The van der Waals surface area contributed by atoms with Crippen molar-refractivity contribution in [3.8, 4) is 6.07 Å². The molecule has 0 amide bonds. The lowest BCUT2D eigenvalue weighted by molar-refractivity contribution is -0.141. The van der Waals surface area contributed by atoms with E-state index in [0.717, 1.165) is 11.1 Å². The third-order valence-corrected chi connectivity index (χ3v) is 5.95. The summed E-state index contributed by atoms with van der Waals surface area (Å²) in [6.45, 7) is 6.20. The van der Waals surface area contributed by atoms with E-state index in [9.17, 15) is 14.9 Å². The molecule has 1 aliphatic heterocycles. The minimum absolute atomic E-state index is 0.0279. The summed E-state index contributed by atoms with van der Waals surface area (Å²) in [5.41, 5.74) is 2.70. The summed E-state index contributed by atoms with van der Waals surface area (Å²) < 4.78 is 10.7. The quantitative estimate of drug-likeness (QED) is 0.530. The number of pyridine rings is 1. The fraction of sp³-hybridized carbons (Fsp3) is 0.308. The van der Waals surface area contributed by atoms with Crippen LogP contribution in [0.4, 0.5) is 0 Å². The molecule has 1 aromatic carbocycles. The van der Waals surface area contributed by atoms with Gasteiger partial charge in [0, 0.05) is 12.4 Å². The molecule has 34 heavy (non-hydrogen) atoms. The number of allylic oxidation sites excluding steroid dienone is 1. The molecule has 8 heteroatoms. The van der Waals surface area contributed by atoms with Crippen LogP contribution in [0.5, 0.6) is 0 Å². The van der Waals surface area contributed by atoms with Gasteiger partial charge in [-0.15, -0.1) is 0 Å². The number of dihydropyridines is 1. The van der Waals surface area contributed by atoms with Crippen molar-refractivity contribution in [1.82, 2.24) is 10.3 Å². The molecule has 0 aliphatic carbocycles. The molecule has 7 nitrogen and oxygen atoms in total. The molecule has 1 N–H and O–H groups in total. The van der Waals surface area contributed by atoms with Crippen molar-refractivity contribution in [3.05, 3.63) is 82.2 Å². The number of rotatable bonds is 9. The summed E-state index contributed by atoms with van der Waals surface area (Å²) >= 11 is 1.18. The normalized spacial score (nSPS) is 15.6. The van der Waals surface area contributed by atoms with Gasteiger partial charge in [0.1, 0.15) is 0 Å². The number of nitriles is 1. The topological polar surface area (TPSA) is 101 Å². The molecule has 2 heterocycles. The van der Waals surface area contributed by atoms with Crippen LogP contribution in [-0.2, 0) is 19.1 Å². The van der Waals surface area contributed by atoms with Gasteiger partial charge in [0.15, 0.2) is 0 Å². The number of ether oxygens (including phenoxy) is 2. The second-order valence-corrected chi connectivity index (χ2v) is 8.92. The van der Waals surface area contributed by atoms with E-state index in [2.05, 4.69) is 16.4 Å². The molecule has 1 atom stereocenters. The number of esters is 2. The van der Waals surface area contributed by atoms with E-state index in [1.807, 2.05) is 44.2 Å². The van der Waals surface area contributed by atoms with E-state index in [4.69, 9.17) is 9.47 Å². The summed E-state index contributed by atoms with van der Waals surface area (Å²) in [6.07, 6.45) is 3.24. The number of hydrogen-bond acceptors (Lipinski definition) is 8. The highest BCUT2D eigenvalue weighted by Crippen LogP contribution is 2.43. The molecule has 0 spiro atoms. The van der Waals surface area contributed by atoms with Gasteiger partial charge in [-0.25, -0.2) is 4.79 Å². The van der Waals surface area contributed by atoms with Gasteiger partial charge in [-0.05, 0) is 36.1 Å². The minimum atomic E-state index is -0.683. The van der Waals surface area contributed by atoms with E-state index in [-0.39, 0.29) is 24.2 Å². The Morgan fingerprint density at radius 1 is 1.15 bits per heavy atom. The first-order valence-corrected chi connectivity index (χ1v) is 12.0. The molecule has 0 saturated heterocycles. The van der Waals surface area contributed by atoms with Gasteiger partial charge < -0.3 is 14.8 Å². The number of thioether (sulfide) groups is 1. The zero-order chi connectivity index (χ0) is 24.5. The second-order valence-electron chi connectivity index (χ2n) is 7.93. The monoisotopic (exact) mass is 477 g/mol.